The predicted molar refractivity (Wildman–Crippen MR) is 95.0 cm³/mol. The molecule has 1 aliphatic rings. The molecule has 3 rings (SSSR count). The molecule has 2 N–H and O–H groups in total. The van der Waals surface area contributed by atoms with Gasteiger partial charge in [0.1, 0.15) is 0 Å². The van der Waals surface area contributed by atoms with E-state index < -0.39 is 0 Å². The van der Waals surface area contributed by atoms with E-state index in [1.807, 2.05) is 18.2 Å². The molecule has 1 unspecified atom stereocenters. The quantitative estimate of drug-likeness (QED) is 0.906. The van der Waals surface area contributed by atoms with E-state index in [1.54, 1.807) is 11.9 Å². The Bertz CT molecular complexity index is 753. The van der Waals surface area contributed by atoms with Crippen molar-refractivity contribution in [2.24, 2.45) is 0 Å². The van der Waals surface area contributed by atoms with Crippen LogP contribution in [-0.2, 0) is 11.3 Å². The summed E-state index contributed by atoms with van der Waals surface area (Å²) in [6, 6.07) is 7.79. The Morgan fingerprint density at radius 1 is 1.33 bits per heavy atom. The summed E-state index contributed by atoms with van der Waals surface area (Å²) >= 11 is 0. The molecule has 0 spiro atoms. The second kappa shape index (κ2) is 6.95. The first-order valence-corrected chi connectivity index (χ1v) is 8.47. The number of nitrogens with one attached hydrogen (secondary N) is 2. The maximum Gasteiger partial charge on any atom is 0.319 e. The lowest BCUT2D eigenvalue weighted by atomic mass is 10.1. The standard InChI is InChI=1S/C18H24N4O2/c1-3-9-22-10-8-13-4-5-14(11-16(13)22)19-18(24)20-15-6-7-17(23)21(2)12-15/h4-5,8,10-11,15H,3,6-7,9,12H2,1-2H3,(H2,19,20,24). The van der Waals surface area contributed by atoms with E-state index in [0.717, 1.165) is 24.2 Å². The topological polar surface area (TPSA) is 66.4 Å². The lowest BCUT2D eigenvalue weighted by molar-refractivity contribution is -0.132. The van der Waals surface area contributed by atoms with Crippen molar-refractivity contribution in [1.29, 1.82) is 0 Å². The molecule has 24 heavy (non-hydrogen) atoms. The SMILES string of the molecule is CCCn1ccc2ccc(NC(=O)NC3CCC(=O)N(C)C3)cc21. The molecular formula is C18H24N4O2. The molecule has 6 nitrogen and oxygen atoms in total. The average molecular weight is 328 g/mol. The van der Waals surface area contributed by atoms with Crippen LogP contribution in [-0.4, -0.2) is 41.0 Å². The van der Waals surface area contributed by atoms with Crippen LogP contribution < -0.4 is 10.6 Å². The van der Waals surface area contributed by atoms with Gasteiger partial charge < -0.3 is 20.1 Å². The fourth-order valence-electron chi connectivity index (χ4n) is 3.18. The van der Waals surface area contributed by atoms with Gasteiger partial charge in [0.2, 0.25) is 5.91 Å². The van der Waals surface area contributed by atoms with Crippen molar-refractivity contribution >= 4 is 28.5 Å². The third kappa shape index (κ3) is 3.53. The highest BCUT2D eigenvalue weighted by Gasteiger charge is 2.23. The lowest BCUT2D eigenvalue weighted by Gasteiger charge is -2.30. The maximum atomic E-state index is 12.2. The Labute approximate surface area is 141 Å². The van der Waals surface area contributed by atoms with E-state index in [1.165, 1.54) is 5.39 Å². The number of aromatic nitrogens is 1. The Kier molecular flexibility index (Phi) is 4.74. The van der Waals surface area contributed by atoms with Gasteiger partial charge in [0.15, 0.2) is 0 Å². The molecule has 1 aromatic carbocycles. The van der Waals surface area contributed by atoms with Gasteiger partial charge in [-0.15, -0.1) is 0 Å². The number of hydrogen-bond acceptors (Lipinski definition) is 2. The third-order valence-corrected chi connectivity index (χ3v) is 4.46. The van der Waals surface area contributed by atoms with Crippen LogP contribution in [0.4, 0.5) is 10.5 Å². The van der Waals surface area contributed by atoms with Crippen LogP contribution in [0.3, 0.4) is 0 Å². The first kappa shape index (κ1) is 16.4. The van der Waals surface area contributed by atoms with Crippen LogP contribution >= 0.6 is 0 Å². The Balaban J connectivity index is 1.64. The summed E-state index contributed by atoms with van der Waals surface area (Å²) in [7, 11) is 1.77. The van der Waals surface area contributed by atoms with Gasteiger partial charge in [0.25, 0.3) is 0 Å². The van der Waals surface area contributed by atoms with Crippen LogP contribution in [0, 0.1) is 0 Å². The summed E-state index contributed by atoms with van der Waals surface area (Å²) in [5, 5.41) is 7.02. The Morgan fingerprint density at radius 3 is 2.92 bits per heavy atom. The molecule has 2 heterocycles. The number of urea groups is 1. The van der Waals surface area contributed by atoms with Crippen molar-refractivity contribution in [3.05, 3.63) is 30.5 Å². The van der Waals surface area contributed by atoms with Gasteiger partial charge in [-0.1, -0.05) is 13.0 Å². The van der Waals surface area contributed by atoms with Crippen molar-refractivity contribution in [1.82, 2.24) is 14.8 Å². The minimum Gasteiger partial charge on any atom is -0.347 e. The molecule has 1 saturated heterocycles. The molecular weight excluding hydrogens is 304 g/mol. The molecule has 6 heteroatoms. The van der Waals surface area contributed by atoms with Gasteiger partial charge >= 0.3 is 6.03 Å². The fourth-order valence-corrected chi connectivity index (χ4v) is 3.18. The summed E-state index contributed by atoms with van der Waals surface area (Å²) in [6.07, 6.45) is 4.32. The average Bonchev–Trinajstić information content (AvgIpc) is 2.94. The number of likely N-dealkylation sites (tertiary alicyclic amines) is 1. The van der Waals surface area contributed by atoms with Crippen LogP contribution in [0.2, 0.25) is 0 Å². The second-order valence-electron chi connectivity index (χ2n) is 6.39. The van der Waals surface area contributed by atoms with Crippen molar-refractivity contribution in [2.75, 3.05) is 18.9 Å². The van der Waals surface area contributed by atoms with Gasteiger partial charge in [0, 0.05) is 44.5 Å². The molecule has 0 saturated carbocycles. The highest BCUT2D eigenvalue weighted by molar-refractivity contribution is 5.93. The first-order valence-electron chi connectivity index (χ1n) is 8.47. The van der Waals surface area contributed by atoms with Gasteiger partial charge in [-0.25, -0.2) is 4.79 Å². The van der Waals surface area contributed by atoms with Crippen LogP contribution in [0.1, 0.15) is 26.2 Å². The zero-order chi connectivity index (χ0) is 17.1. The molecule has 128 valence electrons. The van der Waals surface area contributed by atoms with Gasteiger partial charge in [-0.2, -0.15) is 0 Å². The normalized spacial score (nSPS) is 18.0. The van der Waals surface area contributed by atoms with Crippen molar-refractivity contribution in [2.45, 2.75) is 38.8 Å². The number of hydrogen-bond donors (Lipinski definition) is 2. The van der Waals surface area contributed by atoms with E-state index >= 15 is 0 Å². The summed E-state index contributed by atoms with van der Waals surface area (Å²) in [5.41, 5.74) is 1.90. The number of carbonyl (C=O) groups is 2. The molecule has 2 aromatic rings. The minimum absolute atomic E-state index is 0.000355. The number of piperidine rings is 1. The third-order valence-electron chi connectivity index (χ3n) is 4.46. The molecule has 1 aromatic heterocycles. The molecule has 1 fully saturated rings. The largest absolute Gasteiger partial charge is 0.347 e. The smallest absolute Gasteiger partial charge is 0.319 e. The van der Waals surface area contributed by atoms with E-state index in [4.69, 9.17) is 0 Å². The maximum absolute atomic E-state index is 12.2. The van der Waals surface area contributed by atoms with E-state index in [2.05, 4.69) is 34.4 Å². The number of nitrogens with zero attached hydrogens (tertiary/aromatic N) is 2. The van der Waals surface area contributed by atoms with Crippen LogP contribution in [0.15, 0.2) is 30.5 Å². The summed E-state index contributed by atoms with van der Waals surface area (Å²) in [6.45, 7) is 3.67. The summed E-state index contributed by atoms with van der Waals surface area (Å²) in [4.78, 5) is 25.4. The second-order valence-corrected chi connectivity index (χ2v) is 6.39. The Morgan fingerprint density at radius 2 is 2.17 bits per heavy atom. The first-order chi connectivity index (χ1) is 11.6. The number of anilines is 1. The number of aryl methyl sites for hydroxylation is 1. The van der Waals surface area contributed by atoms with E-state index in [-0.39, 0.29) is 18.0 Å². The number of benzene rings is 1. The minimum atomic E-state index is -0.226. The monoisotopic (exact) mass is 328 g/mol. The molecule has 1 aliphatic heterocycles. The van der Waals surface area contributed by atoms with Crippen molar-refractivity contribution < 1.29 is 9.59 Å². The molecule has 0 bridgehead atoms. The molecule has 0 aliphatic carbocycles. The van der Waals surface area contributed by atoms with Crippen LogP contribution in [0.25, 0.3) is 10.9 Å². The van der Waals surface area contributed by atoms with Crippen molar-refractivity contribution in [3.63, 3.8) is 0 Å². The number of likely N-dealkylation sites (N-methyl/N-ethyl adjacent to an activating group) is 1. The number of amides is 3. The summed E-state index contributed by atoms with van der Waals surface area (Å²) in [5.74, 6) is 0.135. The molecule has 1 atom stereocenters. The predicted octanol–water partition coefficient (Wildman–Crippen LogP) is 2.79. The highest BCUT2D eigenvalue weighted by Crippen LogP contribution is 2.21. The van der Waals surface area contributed by atoms with Gasteiger partial charge in [-0.3, -0.25) is 4.79 Å². The molecule has 0 radical (unpaired) electrons. The number of rotatable bonds is 4. The Hall–Kier alpha value is -2.50. The van der Waals surface area contributed by atoms with E-state index in [9.17, 15) is 9.59 Å². The fraction of sp³-hybridized carbons (Fsp3) is 0.444. The summed E-state index contributed by atoms with van der Waals surface area (Å²) < 4.78 is 2.19. The lowest BCUT2D eigenvalue weighted by Crippen LogP contribution is -2.49. The van der Waals surface area contributed by atoms with Gasteiger partial charge in [0.05, 0.1) is 5.52 Å². The zero-order valence-electron chi connectivity index (χ0n) is 14.2. The highest BCUT2D eigenvalue weighted by atomic mass is 16.2. The zero-order valence-corrected chi connectivity index (χ0v) is 14.2. The van der Waals surface area contributed by atoms with Crippen LogP contribution in [0.5, 0.6) is 0 Å². The van der Waals surface area contributed by atoms with Crippen molar-refractivity contribution in [3.8, 4) is 0 Å². The van der Waals surface area contributed by atoms with Gasteiger partial charge in [-0.05, 0) is 36.4 Å². The van der Waals surface area contributed by atoms with E-state index in [0.29, 0.717) is 19.4 Å². The number of fused-ring (bicyclic) bond motifs is 1. The molecule has 3 amide bonds. The number of carbonyl (C=O) groups excluding carboxylic acids is 2.